The van der Waals surface area contributed by atoms with Crippen LogP contribution in [-0.2, 0) is 32.6 Å². The molecule has 0 unspecified atom stereocenters. The highest BCUT2D eigenvalue weighted by Crippen LogP contribution is 2.27. The maximum atomic E-state index is 14.5. The van der Waals surface area contributed by atoms with E-state index >= 15 is 0 Å². The van der Waals surface area contributed by atoms with Crippen molar-refractivity contribution in [2.75, 3.05) is 10.8 Å². The van der Waals surface area contributed by atoms with Crippen molar-refractivity contribution < 1.29 is 18.0 Å². The molecule has 1 atom stereocenters. The van der Waals surface area contributed by atoms with Crippen molar-refractivity contribution in [1.82, 2.24) is 10.2 Å². The second-order valence-electron chi connectivity index (χ2n) is 11.9. The Kier molecular flexibility index (Phi) is 11.0. The molecule has 0 saturated carbocycles. The third-order valence-electron chi connectivity index (χ3n) is 7.00. The third-order valence-corrected chi connectivity index (χ3v) is 9.25. The van der Waals surface area contributed by atoms with Gasteiger partial charge in [0.25, 0.3) is 10.0 Å². The van der Waals surface area contributed by atoms with Crippen LogP contribution < -0.4 is 9.62 Å². The fraction of sp³-hybridized carbons (Fsp3) is 0.257. The number of nitrogens with one attached hydrogen (secondary N) is 1. The maximum Gasteiger partial charge on any atom is 0.264 e. The Morgan fingerprint density at radius 3 is 2.00 bits per heavy atom. The molecule has 0 spiro atoms. The van der Waals surface area contributed by atoms with Gasteiger partial charge in [0.1, 0.15) is 12.6 Å². The molecule has 0 radical (unpaired) electrons. The SMILES string of the molecule is Cc1ccc(S(=O)(=O)N(CC(=O)N(Cc2cccc(Cl)c2)[C@H](Cc2ccccc2)C(=O)NC(C)(C)C)c2cccc(Cl)c2)cc1. The first-order chi connectivity index (χ1) is 21.2. The van der Waals surface area contributed by atoms with Crippen LogP contribution in [-0.4, -0.2) is 43.3 Å². The van der Waals surface area contributed by atoms with E-state index in [-0.39, 0.29) is 29.5 Å². The topological polar surface area (TPSA) is 86.8 Å². The number of anilines is 1. The largest absolute Gasteiger partial charge is 0.350 e. The Balaban J connectivity index is 1.82. The number of halogens is 2. The van der Waals surface area contributed by atoms with E-state index in [9.17, 15) is 18.0 Å². The molecule has 1 N–H and O–H groups in total. The summed E-state index contributed by atoms with van der Waals surface area (Å²) in [5.41, 5.74) is 2.06. The van der Waals surface area contributed by atoms with Crippen LogP contribution in [0, 0.1) is 6.92 Å². The van der Waals surface area contributed by atoms with Crippen LogP contribution in [0.4, 0.5) is 5.69 Å². The average molecular weight is 667 g/mol. The third kappa shape index (κ3) is 9.33. The van der Waals surface area contributed by atoms with Crippen LogP contribution in [0.1, 0.15) is 37.5 Å². The van der Waals surface area contributed by atoms with Crippen LogP contribution in [0.25, 0.3) is 0 Å². The molecule has 0 saturated heterocycles. The highest BCUT2D eigenvalue weighted by atomic mass is 35.5. The minimum absolute atomic E-state index is 0.0163. The highest BCUT2D eigenvalue weighted by molar-refractivity contribution is 7.92. The zero-order valence-electron chi connectivity index (χ0n) is 25.7. The Morgan fingerprint density at radius 1 is 0.800 bits per heavy atom. The minimum atomic E-state index is -4.22. The number of hydrogen-bond donors (Lipinski definition) is 1. The van der Waals surface area contributed by atoms with Gasteiger partial charge in [0.05, 0.1) is 10.6 Å². The van der Waals surface area contributed by atoms with E-state index in [2.05, 4.69) is 5.32 Å². The predicted octanol–water partition coefficient (Wildman–Crippen LogP) is 7.05. The quantitative estimate of drug-likeness (QED) is 0.186. The molecule has 0 heterocycles. The normalized spacial score (nSPS) is 12.3. The van der Waals surface area contributed by atoms with Gasteiger partial charge in [-0.05, 0) is 81.3 Å². The molecule has 4 rings (SSSR count). The second-order valence-corrected chi connectivity index (χ2v) is 14.6. The molecule has 4 aromatic carbocycles. The first kappa shape index (κ1) is 34.0. The van der Waals surface area contributed by atoms with Gasteiger partial charge in [-0.1, -0.05) is 89.4 Å². The highest BCUT2D eigenvalue weighted by Gasteiger charge is 2.35. The van der Waals surface area contributed by atoms with E-state index in [0.717, 1.165) is 15.4 Å². The molecule has 0 fully saturated rings. The molecule has 10 heteroatoms. The summed E-state index contributed by atoms with van der Waals surface area (Å²) in [6, 6.07) is 28.2. The van der Waals surface area contributed by atoms with Crippen LogP contribution >= 0.6 is 23.2 Å². The average Bonchev–Trinajstić information content (AvgIpc) is 2.97. The number of carbonyl (C=O) groups excluding carboxylic acids is 2. The van der Waals surface area contributed by atoms with Crippen molar-refractivity contribution in [2.24, 2.45) is 0 Å². The monoisotopic (exact) mass is 665 g/mol. The second kappa shape index (κ2) is 14.5. The number of aryl methyl sites for hydroxylation is 1. The molecule has 0 aliphatic rings. The number of hydrogen-bond acceptors (Lipinski definition) is 4. The van der Waals surface area contributed by atoms with Gasteiger partial charge in [0.15, 0.2) is 0 Å². The van der Waals surface area contributed by atoms with Gasteiger partial charge in [0, 0.05) is 28.5 Å². The molecule has 0 aliphatic heterocycles. The summed E-state index contributed by atoms with van der Waals surface area (Å²) >= 11 is 12.6. The van der Waals surface area contributed by atoms with Gasteiger partial charge in [-0.3, -0.25) is 13.9 Å². The molecule has 236 valence electrons. The Hall–Kier alpha value is -3.85. The fourth-order valence-electron chi connectivity index (χ4n) is 4.84. The lowest BCUT2D eigenvalue weighted by Gasteiger charge is -2.35. The zero-order chi connectivity index (χ0) is 32.8. The van der Waals surface area contributed by atoms with Crippen molar-refractivity contribution in [3.63, 3.8) is 0 Å². The summed E-state index contributed by atoms with van der Waals surface area (Å²) in [6.45, 7) is 6.89. The standard InChI is InChI=1S/C35H37Cl2N3O4S/c1-25-16-18-31(19-17-25)45(43,44)40(30-15-9-14-29(37)22-30)24-33(41)39(23-27-12-8-13-28(36)20-27)32(34(42)38-35(2,3)4)21-26-10-6-5-7-11-26/h5-20,22,32H,21,23-24H2,1-4H3,(H,38,42)/t32-/m1/s1. The zero-order valence-corrected chi connectivity index (χ0v) is 28.0. The van der Waals surface area contributed by atoms with Crippen molar-refractivity contribution in [3.05, 3.63) is 130 Å². The van der Waals surface area contributed by atoms with E-state index in [4.69, 9.17) is 23.2 Å². The van der Waals surface area contributed by atoms with Crippen molar-refractivity contribution >= 4 is 50.7 Å². The molecule has 0 aliphatic carbocycles. The number of rotatable bonds is 11. The first-order valence-corrected chi connectivity index (χ1v) is 16.7. The molecular formula is C35H37Cl2N3O4S. The number of benzene rings is 4. The van der Waals surface area contributed by atoms with Crippen molar-refractivity contribution in [2.45, 2.75) is 57.1 Å². The number of sulfonamides is 1. The Labute approximate surface area is 275 Å². The summed E-state index contributed by atoms with van der Waals surface area (Å²) in [7, 11) is -4.22. The summed E-state index contributed by atoms with van der Waals surface area (Å²) in [5.74, 6) is -0.937. The van der Waals surface area contributed by atoms with Crippen LogP contribution in [0.3, 0.4) is 0 Å². The fourth-order valence-corrected chi connectivity index (χ4v) is 6.64. The summed E-state index contributed by atoms with van der Waals surface area (Å²) in [6.07, 6.45) is 0.205. The molecule has 0 bridgehead atoms. The van der Waals surface area contributed by atoms with Gasteiger partial charge in [-0.15, -0.1) is 0 Å². The van der Waals surface area contributed by atoms with E-state index in [1.807, 2.05) is 64.1 Å². The van der Waals surface area contributed by atoms with Crippen LogP contribution in [0.2, 0.25) is 10.0 Å². The first-order valence-electron chi connectivity index (χ1n) is 14.5. The van der Waals surface area contributed by atoms with E-state index in [0.29, 0.717) is 15.6 Å². The van der Waals surface area contributed by atoms with Gasteiger partial charge in [0.2, 0.25) is 11.8 Å². The predicted molar refractivity (Wildman–Crippen MR) is 181 cm³/mol. The van der Waals surface area contributed by atoms with Crippen LogP contribution in [0.15, 0.2) is 108 Å². The number of carbonyl (C=O) groups is 2. The van der Waals surface area contributed by atoms with Crippen LogP contribution in [0.5, 0.6) is 0 Å². The van der Waals surface area contributed by atoms with Crippen molar-refractivity contribution in [1.29, 1.82) is 0 Å². The molecule has 0 aromatic heterocycles. The summed E-state index contributed by atoms with van der Waals surface area (Å²) in [4.78, 5) is 29.9. The molecule has 2 amide bonds. The Morgan fingerprint density at radius 2 is 1.40 bits per heavy atom. The maximum absolute atomic E-state index is 14.5. The number of nitrogens with zero attached hydrogens (tertiary/aromatic N) is 2. The number of amides is 2. The van der Waals surface area contributed by atoms with E-state index in [1.54, 1.807) is 48.5 Å². The van der Waals surface area contributed by atoms with E-state index < -0.39 is 34.1 Å². The molecular weight excluding hydrogens is 629 g/mol. The summed E-state index contributed by atoms with van der Waals surface area (Å²) < 4.78 is 29.3. The minimum Gasteiger partial charge on any atom is -0.350 e. The lowest BCUT2D eigenvalue weighted by atomic mass is 10.0. The molecule has 4 aromatic rings. The van der Waals surface area contributed by atoms with Gasteiger partial charge in [-0.2, -0.15) is 0 Å². The van der Waals surface area contributed by atoms with Gasteiger partial charge >= 0.3 is 0 Å². The lowest BCUT2D eigenvalue weighted by Crippen LogP contribution is -2.56. The summed E-state index contributed by atoms with van der Waals surface area (Å²) in [5, 5.41) is 3.80. The van der Waals surface area contributed by atoms with Crippen molar-refractivity contribution in [3.8, 4) is 0 Å². The van der Waals surface area contributed by atoms with Gasteiger partial charge in [-0.25, -0.2) is 8.42 Å². The van der Waals surface area contributed by atoms with E-state index in [1.165, 1.54) is 23.1 Å². The smallest absolute Gasteiger partial charge is 0.264 e. The lowest BCUT2D eigenvalue weighted by molar-refractivity contribution is -0.140. The molecule has 45 heavy (non-hydrogen) atoms. The van der Waals surface area contributed by atoms with Gasteiger partial charge < -0.3 is 10.2 Å². The molecule has 7 nitrogen and oxygen atoms in total. The Bertz CT molecular complexity index is 1740.